The number of benzene rings is 1. The highest BCUT2D eigenvalue weighted by molar-refractivity contribution is 5.98. The maximum atomic E-state index is 12.9. The molecular weight excluding hydrogens is 332 g/mol. The highest BCUT2D eigenvalue weighted by Crippen LogP contribution is 2.30. The molecule has 2 amide bonds. The van der Waals surface area contributed by atoms with Gasteiger partial charge in [-0.3, -0.25) is 14.3 Å². The molecule has 2 aliphatic rings. The second-order valence-electron chi connectivity index (χ2n) is 6.90. The van der Waals surface area contributed by atoms with Crippen molar-refractivity contribution in [3.05, 3.63) is 47.8 Å². The minimum absolute atomic E-state index is 0.0395. The Labute approximate surface area is 151 Å². The van der Waals surface area contributed by atoms with E-state index in [9.17, 15) is 9.59 Å². The Morgan fingerprint density at radius 2 is 2.15 bits per heavy atom. The van der Waals surface area contributed by atoms with Gasteiger partial charge in [-0.1, -0.05) is 6.07 Å². The summed E-state index contributed by atoms with van der Waals surface area (Å²) < 4.78 is 7.53. The average Bonchev–Trinajstić information content (AvgIpc) is 3.43. The summed E-state index contributed by atoms with van der Waals surface area (Å²) in [6, 6.07) is 7.14. The van der Waals surface area contributed by atoms with Gasteiger partial charge in [0, 0.05) is 42.5 Å². The summed E-state index contributed by atoms with van der Waals surface area (Å²) in [5.41, 5.74) is 2.21. The molecule has 4 rings (SSSR count). The summed E-state index contributed by atoms with van der Waals surface area (Å²) in [4.78, 5) is 26.6. The molecule has 0 spiro atoms. The van der Waals surface area contributed by atoms with Gasteiger partial charge in [-0.2, -0.15) is 5.10 Å². The van der Waals surface area contributed by atoms with E-state index in [1.54, 1.807) is 34.0 Å². The third-order valence-electron chi connectivity index (χ3n) is 4.78. The minimum atomic E-state index is -0.167. The fourth-order valence-corrected chi connectivity index (χ4v) is 3.14. The third-order valence-corrected chi connectivity index (χ3v) is 4.78. The predicted octanol–water partition coefficient (Wildman–Crippen LogP) is 1.98. The standard InChI is InChI=1S/C19H22N4O3/c1-22-11-15(10-20-22)17-12-23(7-8-26-17)19(25)14-3-2-4-16(9-14)21-18(24)13-5-6-13/h2-4,9-11,13,17H,5-8,12H2,1H3,(H,21,24)/t17-/m0/s1. The Morgan fingerprint density at radius 1 is 1.31 bits per heavy atom. The zero-order valence-corrected chi connectivity index (χ0v) is 14.7. The summed E-state index contributed by atoms with van der Waals surface area (Å²) in [5.74, 6) is 0.121. The molecule has 2 aromatic rings. The Balaban J connectivity index is 1.45. The molecular formula is C19H22N4O3. The summed E-state index contributed by atoms with van der Waals surface area (Å²) in [7, 11) is 1.86. The van der Waals surface area contributed by atoms with E-state index in [-0.39, 0.29) is 23.8 Å². The smallest absolute Gasteiger partial charge is 0.254 e. The molecule has 2 fully saturated rings. The van der Waals surface area contributed by atoms with E-state index >= 15 is 0 Å². The second kappa shape index (κ2) is 6.92. The molecule has 1 N–H and O–H groups in total. The molecule has 1 aromatic carbocycles. The van der Waals surface area contributed by atoms with Crippen molar-refractivity contribution in [1.29, 1.82) is 0 Å². The van der Waals surface area contributed by atoms with Crippen molar-refractivity contribution in [3.8, 4) is 0 Å². The van der Waals surface area contributed by atoms with E-state index in [0.29, 0.717) is 30.9 Å². The lowest BCUT2D eigenvalue weighted by atomic mass is 10.1. The van der Waals surface area contributed by atoms with Crippen molar-refractivity contribution < 1.29 is 14.3 Å². The maximum Gasteiger partial charge on any atom is 0.254 e. The van der Waals surface area contributed by atoms with Crippen LogP contribution in [0.25, 0.3) is 0 Å². The van der Waals surface area contributed by atoms with Gasteiger partial charge in [0.05, 0.1) is 19.3 Å². The number of ether oxygens (including phenoxy) is 1. The molecule has 1 aromatic heterocycles. The molecule has 1 aliphatic heterocycles. The van der Waals surface area contributed by atoms with Gasteiger partial charge in [0.2, 0.25) is 5.91 Å². The minimum Gasteiger partial charge on any atom is -0.370 e. The lowest BCUT2D eigenvalue weighted by Gasteiger charge is -2.32. The van der Waals surface area contributed by atoms with Crippen LogP contribution in [0.2, 0.25) is 0 Å². The second-order valence-corrected chi connectivity index (χ2v) is 6.90. The number of carbonyl (C=O) groups is 2. The Bertz CT molecular complexity index is 828. The number of anilines is 1. The van der Waals surface area contributed by atoms with Gasteiger partial charge in [-0.15, -0.1) is 0 Å². The highest BCUT2D eigenvalue weighted by atomic mass is 16.5. The molecule has 1 atom stereocenters. The summed E-state index contributed by atoms with van der Waals surface area (Å²) in [5, 5.41) is 7.07. The molecule has 136 valence electrons. The topological polar surface area (TPSA) is 76.5 Å². The first-order valence-electron chi connectivity index (χ1n) is 8.90. The van der Waals surface area contributed by atoms with E-state index in [0.717, 1.165) is 18.4 Å². The largest absolute Gasteiger partial charge is 0.370 e. The number of nitrogens with one attached hydrogen (secondary N) is 1. The van der Waals surface area contributed by atoms with Crippen LogP contribution in [0.5, 0.6) is 0 Å². The van der Waals surface area contributed by atoms with Gasteiger partial charge in [0.1, 0.15) is 6.10 Å². The predicted molar refractivity (Wildman–Crippen MR) is 95.6 cm³/mol. The number of amides is 2. The quantitative estimate of drug-likeness (QED) is 0.911. The van der Waals surface area contributed by atoms with Crippen molar-refractivity contribution in [3.63, 3.8) is 0 Å². The molecule has 0 unspecified atom stereocenters. The SMILES string of the molecule is Cn1cc([C@@H]2CN(C(=O)c3cccc(NC(=O)C4CC4)c3)CCO2)cn1. The van der Waals surface area contributed by atoms with Crippen LogP contribution in [0.4, 0.5) is 5.69 Å². The monoisotopic (exact) mass is 354 g/mol. The number of aromatic nitrogens is 2. The van der Waals surface area contributed by atoms with Crippen LogP contribution in [-0.2, 0) is 16.6 Å². The molecule has 1 saturated heterocycles. The van der Waals surface area contributed by atoms with Gasteiger partial charge < -0.3 is 15.0 Å². The van der Waals surface area contributed by atoms with Crippen LogP contribution in [0.3, 0.4) is 0 Å². The van der Waals surface area contributed by atoms with Crippen LogP contribution in [0.15, 0.2) is 36.7 Å². The molecule has 2 heterocycles. The van der Waals surface area contributed by atoms with Crippen LogP contribution in [0, 0.1) is 5.92 Å². The van der Waals surface area contributed by atoms with Gasteiger partial charge in [0.25, 0.3) is 5.91 Å². The zero-order valence-electron chi connectivity index (χ0n) is 14.7. The molecule has 7 nitrogen and oxygen atoms in total. The van der Waals surface area contributed by atoms with Crippen LogP contribution in [-0.4, -0.2) is 46.2 Å². The first kappa shape index (κ1) is 16.8. The first-order chi connectivity index (χ1) is 12.6. The number of morpholine rings is 1. The van der Waals surface area contributed by atoms with Gasteiger partial charge in [-0.25, -0.2) is 0 Å². The highest BCUT2D eigenvalue weighted by Gasteiger charge is 2.30. The molecule has 26 heavy (non-hydrogen) atoms. The number of hydrogen-bond acceptors (Lipinski definition) is 4. The van der Waals surface area contributed by atoms with E-state index < -0.39 is 0 Å². The normalized spacial score (nSPS) is 20.0. The number of carbonyl (C=O) groups excluding carboxylic acids is 2. The van der Waals surface area contributed by atoms with Gasteiger partial charge >= 0.3 is 0 Å². The Kier molecular flexibility index (Phi) is 4.46. The molecule has 0 bridgehead atoms. The van der Waals surface area contributed by atoms with E-state index in [2.05, 4.69) is 10.4 Å². The Hall–Kier alpha value is -2.67. The van der Waals surface area contributed by atoms with E-state index in [1.807, 2.05) is 19.3 Å². The van der Waals surface area contributed by atoms with Gasteiger partial charge in [-0.05, 0) is 31.0 Å². The van der Waals surface area contributed by atoms with Crippen LogP contribution < -0.4 is 5.32 Å². The summed E-state index contributed by atoms with van der Waals surface area (Å²) >= 11 is 0. The van der Waals surface area contributed by atoms with E-state index in [1.165, 1.54) is 0 Å². The lowest BCUT2D eigenvalue weighted by Crippen LogP contribution is -2.42. The van der Waals surface area contributed by atoms with Crippen LogP contribution >= 0.6 is 0 Å². The van der Waals surface area contributed by atoms with Crippen molar-refractivity contribution >= 4 is 17.5 Å². The van der Waals surface area contributed by atoms with Crippen molar-refractivity contribution in [1.82, 2.24) is 14.7 Å². The Morgan fingerprint density at radius 3 is 2.88 bits per heavy atom. The summed E-state index contributed by atoms with van der Waals surface area (Å²) in [6.45, 7) is 1.53. The van der Waals surface area contributed by atoms with Crippen molar-refractivity contribution in [2.24, 2.45) is 13.0 Å². The average molecular weight is 354 g/mol. The van der Waals surface area contributed by atoms with Crippen LogP contribution in [0.1, 0.15) is 34.9 Å². The number of nitrogens with zero attached hydrogens (tertiary/aromatic N) is 3. The number of hydrogen-bond donors (Lipinski definition) is 1. The molecule has 7 heteroatoms. The van der Waals surface area contributed by atoms with E-state index in [4.69, 9.17) is 4.74 Å². The first-order valence-corrected chi connectivity index (χ1v) is 8.90. The van der Waals surface area contributed by atoms with Crippen molar-refractivity contribution in [2.75, 3.05) is 25.0 Å². The van der Waals surface area contributed by atoms with Crippen molar-refractivity contribution in [2.45, 2.75) is 18.9 Å². The molecule has 0 radical (unpaired) electrons. The number of rotatable bonds is 4. The molecule has 1 aliphatic carbocycles. The summed E-state index contributed by atoms with van der Waals surface area (Å²) in [6.07, 6.45) is 5.42. The number of aryl methyl sites for hydroxylation is 1. The molecule has 1 saturated carbocycles. The van der Waals surface area contributed by atoms with Gasteiger partial charge in [0.15, 0.2) is 0 Å². The fourth-order valence-electron chi connectivity index (χ4n) is 3.14. The zero-order chi connectivity index (χ0) is 18.1. The fraction of sp³-hybridized carbons (Fsp3) is 0.421. The third kappa shape index (κ3) is 3.62. The maximum absolute atomic E-state index is 12.9. The lowest BCUT2D eigenvalue weighted by molar-refractivity contribution is -0.117.